The van der Waals surface area contributed by atoms with Crippen LogP contribution in [-0.2, 0) is 50.2 Å². The Kier molecular flexibility index (Phi) is 14.1. The first-order valence-corrected chi connectivity index (χ1v) is 22.4. The molecule has 1 heterocycles. The molecule has 326 valence electrons. The normalized spacial score (nSPS) is 14.6. The molecule has 0 radical (unpaired) electrons. The first kappa shape index (κ1) is 45.3. The second-order valence-electron chi connectivity index (χ2n) is 14.9. The van der Waals surface area contributed by atoms with E-state index < -0.39 is 79.4 Å². The molecule has 0 bridgehead atoms. The Balaban J connectivity index is 1.38. The van der Waals surface area contributed by atoms with Crippen molar-refractivity contribution in [2.24, 2.45) is 5.41 Å². The maximum absolute atomic E-state index is 13.9. The lowest BCUT2D eigenvalue weighted by atomic mass is 9.67. The van der Waals surface area contributed by atoms with Gasteiger partial charge in [-0.25, -0.2) is 19.4 Å². The average Bonchev–Trinajstić information content (AvgIpc) is 3.26. The zero-order chi connectivity index (χ0) is 44.5. The molecule has 1 amide bonds. The molecule has 0 atom stereocenters. The minimum absolute atomic E-state index is 0.0759. The topological polar surface area (TPSA) is 223 Å². The van der Waals surface area contributed by atoms with Crippen LogP contribution in [0.1, 0.15) is 76.0 Å². The summed E-state index contributed by atoms with van der Waals surface area (Å²) in [7, 11) is -8.73. The van der Waals surface area contributed by atoms with E-state index in [0.29, 0.717) is 5.56 Å². The SMILES string of the molecule is CCOC(=O)c1nc(C2(NC(=O)OCc3ccccc3)CCC(COS(=O)(=O)c3ccc(C)cc3)(COS(=O)(=O)c3ccc(C)cc3)CC2)[nH]c(=O)c1OC(=O)c1ccccc1. The van der Waals surface area contributed by atoms with Crippen LogP contribution >= 0.6 is 0 Å². The fourth-order valence-corrected chi connectivity index (χ4v) is 8.73. The highest BCUT2D eigenvalue weighted by Gasteiger charge is 2.49. The van der Waals surface area contributed by atoms with Crippen molar-refractivity contribution in [3.8, 4) is 5.75 Å². The number of benzene rings is 4. The van der Waals surface area contributed by atoms with Crippen LogP contribution in [0.25, 0.3) is 0 Å². The fraction of sp³-hybridized carbons (Fsp3) is 0.295. The van der Waals surface area contributed by atoms with Gasteiger partial charge in [0, 0.05) is 5.41 Å². The molecule has 5 aromatic rings. The van der Waals surface area contributed by atoms with E-state index in [9.17, 15) is 36.0 Å². The molecule has 1 aromatic heterocycles. The van der Waals surface area contributed by atoms with Gasteiger partial charge in [-0.15, -0.1) is 0 Å². The summed E-state index contributed by atoms with van der Waals surface area (Å²) in [6.07, 6.45) is -1.46. The number of aryl methyl sites for hydroxylation is 2. The van der Waals surface area contributed by atoms with E-state index in [-0.39, 0.29) is 60.1 Å². The number of carbonyl (C=O) groups excluding carboxylic acids is 3. The van der Waals surface area contributed by atoms with Gasteiger partial charge in [0.25, 0.3) is 25.8 Å². The van der Waals surface area contributed by atoms with E-state index in [1.807, 2.05) is 0 Å². The molecule has 16 nitrogen and oxygen atoms in total. The van der Waals surface area contributed by atoms with Gasteiger partial charge in [0.2, 0.25) is 5.75 Å². The van der Waals surface area contributed by atoms with Crippen molar-refractivity contribution in [2.45, 2.75) is 68.4 Å². The number of esters is 2. The number of carbonyl (C=O) groups is 3. The summed E-state index contributed by atoms with van der Waals surface area (Å²) in [6, 6.07) is 28.5. The molecule has 1 fully saturated rings. The molecule has 0 aliphatic heterocycles. The molecule has 0 saturated heterocycles. The van der Waals surface area contributed by atoms with Crippen molar-refractivity contribution < 1.29 is 53.8 Å². The lowest BCUT2D eigenvalue weighted by molar-refractivity contribution is 0.0145. The number of amides is 1. The van der Waals surface area contributed by atoms with E-state index in [1.165, 1.54) is 43.3 Å². The molecule has 1 aliphatic carbocycles. The van der Waals surface area contributed by atoms with Crippen LogP contribution < -0.4 is 15.6 Å². The average molecular weight is 888 g/mol. The minimum Gasteiger partial charge on any atom is -0.461 e. The molecular weight excluding hydrogens is 843 g/mol. The van der Waals surface area contributed by atoms with Crippen molar-refractivity contribution in [1.82, 2.24) is 15.3 Å². The molecule has 0 spiro atoms. The third-order valence-electron chi connectivity index (χ3n) is 10.4. The second kappa shape index (κ2) is 19.2. The lowest BCUT2D eigenvalue weighted by Crippen LogP contribution is -2.53. The zero-order valence-corrected chi connectivity index (χ0v) is 35.8. The van der Waals surface area contributed by atoms with E-state index in [1.54, 1.807) is 86.6 Å². The van der Waals surface area contributed by atoms with Crippen molar-refractivity contribution in [3.05, 3.63) is 153 Å². The standard InChI is InChI=1S/C44H45N3O13S2/c1-4-56-40(50)36-37(60-39(49)33-13-9-6-10-14-33)38(48)46-41(45-36)44(47-42(51)57-27-32-11-7-5-8-12-32)25-23-43(24-26-44,28-58-61(52,53)34-19-15-30(2)16-20-34)29-59-62(54,55)35-21-17-31(3)18-22-35/h5-22H,4,23-29H2,1-3H3,(H,47,51)(H,45,46,48). The third kappa shape index (κ3) is 11.0. The Morgan fingerprint density at radius 2 is 1.21 bits per heavy atom. The third-order valence-corrected chi connectivity index (χ3v) is 12.9. The Labute approximate surface area is 358 Å². The highest BCUT2D eigenvalue weighted by atomic mass is 32.2. The number of rotatable bonds is 16. The quantitative estimate of drug-likeness (QED) is 0.0823. The van der Waals surface area contributed by atoms with Crippen molar-refractivity contribution >= 4 is 38.3 Å². The maximum atomic E-state index is 13.9. The van der Waals surface area contributed by atoms with Crippen LogP contribution in [0, 0.1) is 19.3 Å². The molecule has 1 aliphatic rings. The largest absolute Gasteiger partial charge is 0.461 e. The van der Waals surface area contributed by atoms with Crippen LogP contribution in [0.2, 0.25) is 0 Å². The number of aromatic amines is 1. The van der Waals surface area contributed by atoms with Crippen LogP contribution in [0.4, 0.5) is 4.79 Å². The summed E-state index contributed by atoms with van der Waals surface area (Å²) in [6.45, 7) is 3.73. The van der Waals surface area contributed by atoms with Gasteiger partial charge in [0.05, 0.1) is 35.2 Å². The van der Waals surface area contributed by atoms with Crippen LogP contribution in [-0.4, -0.2) is 64.7 Å². The Bertz CT molecular complexity index is 2580. The first-order chi connectivity index (χ1) is 29.5. The molecule has 1 saturated carbocycles. The number of hydrogen-bond acceptors (Lipinski definition) is 14. The Hall–Kier alpha value is -6.21. The summed E-state index contributed by atoms with van der Waals surface area (Å²) >= 11 is 0. The Morgan fingerprint density at radius 3 is 1.73 bits per heavy atom. The predicted octanol–water partition coefficient (Wildman–Crippen LogP) is 6.28. The molecule has 62 heavy (non-hydrogen) atoms. The van der Waals surface area contributed by atoms with Gasteiger partial charge in [-0.2, -0.15) is 16.8 Å². The molecular formula is C44H45N3O13S2. The number of H-pyrrole nitrogens is 1. The van der Waals surface area contributed by atoms with Crippen LogP contribution in [0.3, 0.4) is 0 Å². The molecule has 2 N–H and O–H groups in total. The molecule has 6 rings (SSSR count). The van der Waals surface area contributed by atoms with Crippen LogP contribution in [0.5, 0.6) is 5.75 Å². The Morgan fingerprint density at radius 1 is 0.694 bits per heavy atom. The van der Waals surface area contributed by atoms with Gasteiger partial charge >= 0.3 is 18.0 Å². The summed E-state index contributed by atoms with van der Waals surface area (Å²) in [5.41, 5.74) is -2.35. The van der Waals surface area contributed by atoms with Gasteiger partial charge in [-0.3, -0.25) is 13.2 Å². The summed E-state index contributed by atoms with van der Waals surface area (Å²) < 4.78 is 81.3. The zero-order valence-electron chi connectivity index (χ0n) is 34.1. The van der Waals surface area contributed by atoms with E-state index >= 15 is 0 Å². The lowest BCUT2D eigenvalue weighted by Gasteiger charge is -2.45. The molecule has 18 heteroatoms. The van der Waals surface area contributed by atoms with Crippen LogP contribution in [0.15, 0.2) is 124 Å². The summed E-state index contributed by atoms with van der Waals surface area (Å²) in [4.78, 5) is 60.8. The number of nitrogens with zero attached hydrogens (tertiary/aromatic N) is 1. The van der Waals surface area contributed by atoms with Gasteiger partial charge < -0.3 is 24.5 Å². The molecule has 0 unspecified atom stereocenters. The molecule has 4 aromatic carbocycles. The second-order valence-corrected chi connectivity index (χ2v) is 18.1. The number of aromatic nitrogens is 2. The van der Waals surface area contributed by atoms with E-state index in [4.69, 9.17) is 22.6 Å². The van der Waals surface area contributed by atoms with E-state index in [0.717, 1.165) is 11.1 Å². The van der Waals surface area contributed by atoms with Crippen molar-refractivity contribution in [2.75, 3.05) is 19.8 Å². The maximum Gasteiger partial charge on any atom is 0.408 e. The first-order valence-electron chi connectivity index (χ1n) is 19.5. The van der Waals surface area contributed by atoms with Gasteiger partial charge in [-0.1, -0.05) is 83.9 Å². The summed E-state index contributed by atoms with van der Waals surface area (Å²) in [5.74, 6) is -3.07. The number of hydrogen-bond donors (Lipinski definition) is 2. The van der Waals surface area contributed by atoms with Gasteiger partial charge in [0.15, 0.2) is 5.69 Å². The fourth-order valence-electron chi connectivity index (χ4n) is 6.71. The van der Waals surface area contributed by atoms with Crippen molar-refractivity contribution in [3.63, 3.8) is 0 Å². The monoisotopic (exact) mass is 887 g/mol. The highest BCUT2D eigenvalue weighted by Crippen LogP contribution is 2.46. The number of ether oxygens (including phenoxy) is 3. The highest BCUT2D eigenvalue weighted by molar-refractivity contribution is 7.87. The number of alkyl carbamates (subject to hydrolysis) is 1. The summed E-state index contributed by atoms with van der Waals surface area (Å²) in [5, 5.41) is 2.80. The van der Waals surface area contributed by atoms with Gasteiger partial charge in [0.1, 0.15) is 18.0 Å². The smallest absolute Gasteiger partial charge is 0.408 e. The van der Waals surface area contributed by atoms with E-state index in [2.05, 4.69) is 15.3 Å². The minimum atomic E-state index is -4.37. The number of nitrogens with one attached hydrogen (secondary N) is 2. The predicted molar refractivity (Wildman–Crippen MR) is 223 cm³/mol. The van der Waals surface area contributed by atoms with Gasteiger partial charge in [-0.05, 0) is 88.4 Å². The van der Waals surface area contributed by atoms with Crippen molar-refractivity contribution in [1.29, 1.82) is 0 Å².